The molecule has 0 aliphatic carbocycles. The second kappa shape index (κ2) is 18.3. The van der Waals surface area contributed by atoms with Gasteiger partial charge in [-0.05, 0) is 173 Å². The highest BCUT2D eigenvalue weighted by Crippen LogP contribution is 2.38. The molecule has 0 aliphatic rings. The quantitative estimate of drug-likeness (QED) is 0.0536. The number of unbranched alkanes of at least 4 members (excludes halogenated alkanes) is 4. The fourth-order valence-electron chi connectivity index (χ4n) is 7.67. The van der Waals surface area contributed by atoms with Crippen LogP contribution in [0.15, 0.2) is 116 Å². The molecule has 0 radical (unpaired) electrons. The molecule has 0 saturated carbocycles. The first-order chi connectivity index (χ1) is 27.9. The normalized spacial score (nSPS) is 11.5. The van der Waals surface area contributed by atoms with Crippen molar-refractivity contribution in [3.8, 4) is 23.3 Å². The highest BCUT2D eigenvalue weighted by molar-refractivity contribution is 9.10. The van der Waals surface area contributed by atoms with Crippen molar-refractivity contribution >= 4 is 128 Å². The third-order valence-corrected chi connectivity index (χ3v) is 15.0. The molecule has 0 N–H and O–H groups in total. The van der Waals surface area contributed by atoms with Crippen LogP contribution in [0.3, 0.4) is 0 Å². The van der Waals surface area contributed by atoms with E-state index in [1.165, 1.54) is 116 Å². The van der Waals surface area contributed by atoms with Crippen LogP contribution < -0.4 is 0 Å². The van der Waals surface area contributed by atoms with Crippen molar-refractivity contribution in [1.82, 2.24) is 0 Å². The second-order valence-electron chi connectivity index (χ2n) is 16.3. The molecule has 8 aromatic rings. The zero-order valence-electron chi connectivity index (χ0n) is 34.8. The minimum absolute atomic E-state index is 0.985. The Labute approximate surface area is 371 Å². The Bertz CT molecular complexity index is 3010. The lowest BCUT2D eigenvalue weighted by atomic mass is 9.94. The number of rotatable bonds is 6. The van der Waals surface area contributed by atoms with Gasteiger partial charge in [-0.25, -0.2) is 0 Å². The number of benzene rings is 8. The van der Waals surface area contributed by atoms with Crippen LogP contribution in [0.1, 0.15) is 61.3 Å². The molecule has 8 aromatic carbocycles. The van der Waals surface area contributed by atoms with Gasteiger partial charge in [0, 0.05) is 36.3 Å². The first kappa shape index (κ1) is 42.4. The van der Waals surface area contributed by atoms with Crippen molar-refractivity contribution in [3.63, 3.8) is 0 Å². The molecule has 5 heteroatoms. The maximum atomic E-state index is 3.67. The summed E-state index contributed by atoms with van der Waals surface area (Å²) in [6, 6.07) is 36.3. The topological polar surface area (TPSA) is 0 Å². The Balaban J connectivity index is 0.000000192. The molecule has 0 saturated heterocycles. The molecule has 0 spiro atoms. The highest BCUT2D eigenvalue weighted by Gasteiger charge is 2.12. The predicted octanol–water partition coefficient (Wildman–Crippen LogP) is 17.4. The van der Waals surface area contributed by atoms with Gasteiger partial charge in [-0.2, -0.15) is 0 Å². The van der Waals surface area contributed by atoms with Gasteiger partial charge < -0.3 is 0 Å². The Morgan fingerprint density at radius 3 is 1.52 bits per heavy atom. The summed E-state index contributed by atoms with van der Waals surface area (Å²) in [5.41, 5.74) is 8.36. The van der Waals surface area contributed by atoms with Gasteiger partial charge in [-0.15, -0.1) is 29.1 Å². The van der Waals surface area contributed by atoms with E-state index in [0.29, 0.717) is 0 Å². The molecule has 8 rings (SSSR count). The monoisotopic (exact) mass is 936 g/mol. The first-order valence-electron chi connectivity index (χ1n) is 20.2. The summed E-state index contributed by atoms with van der Waals surface area (Å²) in [5.74, 6) is 10.4. The van der Waals surface area contributed by atoms with Gasteiger partial charge in [0.2, 0.25) is 0 Å². The van der Waals surface area contributed by atoms with E-state index in [2.05, 4.69) is 205 Å². The lowest BCUT2D eigenvalue weighted by Crippen LogP contribution is -2.16. The van der Waals surface area contributed by atoms with Gasteiger partial charge in [0.25, 0.3) is 0 Å². The van der Waals surface area contributed by atoms with Crippen LogP contribution in [-0.4, -0.2) is 20.6 Å². The molecule has 0 aromatic heterocycles. The number of fused-ring (bicyclic) bond motifs is 10. The van der Waals surface area contributed by atoms with Crippen molar-refractivity contribution in [2.24, 2.45) is 0 Å². The zero-order valence-corrected chi connectivity index (χ0v) is 40.7. The summed E-state index contributed by atoms with van der Waals surface area (Å²) in [5, 5.41) is 15.6. The van der Waals surface area contributed by atoms with Gasteiger partial charge in [0.15, 0.2) is 0 Å². The lowest BCUT2D eigenvalue weighted by Gasteiger charge is -2.12. The fourth-order valence-corrected chi connectivity index (χ4v) is 10.4. The summed E-state index contributed by atoms with van der Waals surface area (Å²) in [7, 11) is -1.41. The van der Waals surface area contributed by atoms with E-state index in [0.717, 1.165) is 22.0 Å². The van der Waals surface area contributed by atoms with E-state index in [-0.39, 0.29) is 0 Å². The van der Waals surface area contributed by atoms with Crippen LogP contribution >= 0.6 is 55.4 Å². The van der Waals surface area contributed by atoms with Crippen molar-refractivity contribution in [1.29, 1.82) is 0 Å². The Hall–Kier alpha value is -3.68. The van der Waals surface area contributed by atoms with Gasteiger partial charge in [0.05, 0.1) is 0 Å². The van der Waals surface area contributed by atoms with Gasteiger partial charge in [-0.1, -0.05) is 128 Å². The molecule has 0 atom stereocenters. The summed E-state index contributed by atoms with van der Waals surface area (Å²) in [6.45, 7) is 13.5. The minimum atomic E-state index is -1.41. The minimum Gasteiger partial charge on any atom is -0.128 e. The van der Waals surface area contributed by atoms with Crippen LogP contribution in [0.25, 0.3) is 64.6 Å². The fraction of sp³-hybridized carbons (Fsp3) is 0.245. The molecule has 0 aliphatic heterocycles. The standard InChI is InChI=1S/C33H36SSi.C20H14Br2S/c1-7-8-9-10-11-12-13-28-22-27-15-16-29-30(32(27)23-33(28)34-3)17-14-26-21-25(18-19-35(4,5)6)24(2)20-31(26)29;1-11-7-16-12(8-18(11)21)3-6-15-14(16)5-4-13-9-19(22)20(23-2)10-17(13)15/h14-17,20-23H,7-11H2,1-6H3;3-10H,1-2H3. The third kappa shape index (κ3) is 9.21. The summed E-state index contributed by atoms with van der Waals surface area (Å²) < 4.78 is 2.33. The molecular formula is C53H50Br2S2Si. The maximum absolute atomic E-state index is 3.67. The molecule has 0 heterocycles. The van der Waals surface area contributed by atoms with Gasteiger partial charge >= 0.3 is 0 Å². The van der Waals surface area contributed by atoms with Crippen LogP contribution in [0.4, 0.5) is 0 Å². The van der Waals surface area contributed by atoms with E-state index < -0.39 is 8.07 Å². The van der Waals surface area contributed by atoms with Crippen LogP contribution in [-0.2, 0) is 0 Å². The van der Waals surface area contributed by atoms with E-state index in [1.807, 2.05) is 0 Å². The average Bonchev–Trinajstić information content (AvgIpc) is 3.20. The lowest BCUT2D eigenvalue weighted by molar-refractivity contribution is 0.679. The van der Waals surface area contributed by atoms with Crippen molar-refractivity contribution in [2.75, 3.05) is 12.5 Å². The predicted molar refractivity (Wildman–Crippen MR) is 272 cm³/mol. The molecular weight excluding hydrogens is 889 g/mol. The van der Waals surface area contributed by atoms with E-state index >= 15 is 0 Å². The van der Waals surface area contributed by atoms with E-state index in [1.54, 1.807) is 23.5 Å². The van der Waals surface area contributed by atoms with Gasteiger partial charge in [-0.3, -0.25) is 0 Å². The largest absolute Gasteiger partial charge is 0.129 e. The first-order valence-corrected chi connectivity index (χ1v) is 27.7. The van der Waals surface area contributed by atoms with E-state index in [9.17, 15) is 0 Å². The molecule has 292 valence electrons. The third-order valence-electron chi connectivity index (χ3n) is 10.8. The highest BCUT2D eigenvalue weighted by atomic mass is 79.9. The molecule has 58 heavy (non-hydrogen) atoms. The smallest absolute Gasteiger partial charge is 0.128 e. The summed E-state index contributed by atoms with van der Waals surface area (Å²) in [6.07, 6.45) is 10.3. The molecule has 0 nitrogen and oxygen atoms in total. The number of halogens is 2. The Morgan fingerprint density at radius 2 is 0.983 bits per heavy atom. The van der Waals surface area contributed by atoms with E-state index in [4.69, 9.17) is 0 Å². The van der Waals surface area contributed by atoms with Crippen LogP contribution in [0.5, 0.6) is 0 Å². The Morgan fingerprint density at radius 1 is 0.500 bits per heavy atom. The zero-order chi connectivity index (χ0) is 41.1. The number of aryl methyl sites for hydroxylation is 2. The number of hydrogen-bond acceptors (Lipinski definition) is 2. The maximum Gasteiger partial charge on any atom is 0.129 e. The van der Waals surface area contributed by atoms with Crippen LogP contribution in [0, 0.1) is 37.2 Å². The van der Waals surface area contributed by atoms with Crippen LogP contribution in [0.2, 0.25) is 19.6 Å². The molecule has 0 bridgehead atoms. The van der Waals surface area contributed by atoms with Crippen molar-refractivity contribution < 1.29 is 0 Å². The van der Waals surface area contributed by atoms with Crippen molar-refractivity contribution in [3.05, 3.63) is 128 Å². The molecule has 0 fully saturated rings. The number of hydrogen-bond donors (Lipinski definition) is 0. The Kier molecular flexibility index (Phi) is 13.4. The molecule has 0 unspecified atom stereocenters. The summed E-state index contributed by atoms with van der Waals surface area (Å²) in [4.78, 5) is 2.54. The average molecular weight is 939 g/mol. The number of thioether (sulfide) groups is 2. The van der Waals surface area contributed by atoms with Gasteiger partial charge in [0.1, 0.15) is 8.07 Å². The van der Waals surface area contributed by atoms with Crippen molar-refractivity contribution in [2.45, 2.75) is 82.3 Å². The summed E-state index contributed by atoms with van der Waals surface area (Å²) >= 11 is 10.9. The molecule has 0 amide bonds. The second-order valence-corrected chi connectivity index (χ2v) is 24.4. The SMILES string of the molecule is CCCCCCC#Cc1cc2ccc3c4cc(C)c(C#C[Si](C)(C)C)cc4ccc3c2cc1SC.CSc1cc2c(ccc3c4cc(C)c(Br)cc4ccc23)cc1Br.